The Balaban J connectivity index is 1.59. The van der Waals surface area contributed by atoms with Gasteiger partial charge in [-0.25, -0.2) is 0 Å². The normalized spacial score (nSPS) is 12.2. The van der Waals surface area contributed by atoms with Crippen LogP contribution in [-0.2, 0) is 21.4 Å². The zero-order chi connectivity index (χ0) is 22.3. The van der Waals surface area contributed by atoms with Crippen molar-refractivity contribution in [1.82, 2.24) is 15.5 Å². The van der Waals surface area contributed by atoms with Crippen LogP contribution < -0.4 is 10.6 Å². The quantitative estimate of drug-likeness (QED) is 0.570. The van der Waals surface area contributed by atoms with Crippen LogP contribution in [0.2, 0.25) is 0 Å². The number of para-hydroxylation sites is 1. The number of rotatable bonds is 8. The van der Waals surface area contributed by atoms with E-state index in [1.165, 1.54) is 0 Å². The minimum absolute atomic E-state index is 0.186. The van der Waals surface area contributed by atoms with Gasteiger partial charge in [0.05, 0.1) is 0 Å². The van der Waals surface area contributed by atoms with Crippen molar-refractivity contribution >= 4 is 17.5 Å². The third-order valence-electron chi connectivity index (χ3n) is 4.68. The summed E-state index contributed by atoms with van der Waals surface area (Å²) in [6, 6.07) is 17.6. The van der Waals surface area contributed by atoms with Gasteiger partial charge in [-0.1, -0.05) is 74.5 Å². The topological polar surface area (TPSA) is 97.1 Å². The first kappa shape index (κ1) is 22.2. The molecular formula is C24H28N4O3. The van der Waals surface area contributed by atoms with E-state index in [0.717, 1.165) is 5.56 Å². The van der Waals surface area contributed by atoms with Crippen molar-refractivity contribution in [2.24, 2.45) is 0 Å². The predicted molar refractivity (Wildman–Crippen MR) is 118 cm³/mol. The minimum Gasteiger partial charge on any atom is -0.341 e. The number of amides is 2. The summed E-state index contributed by atoms with van der Waals surface area (Å²) in [7, 11) is 0. The molecule has 3 aromatic rings. The SMILES string of the molecule is CC(C)(C)c1noc(CCCC(=O)NC(C(=O)Nc2ccccc2)c2ccccc2)n1. The number of aryl methyl sites for hydroxylation is 1. The van der Waals surface area contributed by atoms with E-state index in [1.807, 2.05) is 69.3 Å². The lowest BCUT2D eigenvalue weighted by atomic mass is 9.96. The van der Waals surface area contributed by atoms with Crippen LogP contribution in [0, 0.1) is 0 Å². The molecule has 0 saturated heterocycles. The van der Waals surface area contributed by atoms with Gasteiger partial charge in [-0.05, 0) is 24.1 Å². The maximum absolute atomic E-state index is 12.9. The zero-order valence-electron chi connectivity index (χ0n) is 18.1. The van der Waals surface area contributed by atoms with E-state index in [-0.39, 0.29) is 23.7 Å². The fourth-order valence-corrected chi connectivity index (χ4v) is 2.98. The number of hydrogen-bond acceptors (Lipinski definition) is 5. The summed E-state index contributed by atoms with van der Waals surface area (Å²) in [6.45, 7) is 6.04. The van der Waals surface area contributed by atoms with Gasteiger partial charge in [0.25, 0.3) is 5.91 Å². The average Bonchev–Trinajstić information content (AvgIpc) is 3.23. The minimum atomic E-state index is -0.787. The van der Waals surface area contributed by atoms with Gasteiger partial charge in [-0.3, -0.25) is 9.59 Å². The molecule has 0 spiro atoms. The van der Waals surface area contributed by atoms with Crippen molar-refractivity contribution in [1.29, 1.82) is 0 Å². The molecule has 7 nitrogen and oxygen atoms in total. The van der Waals surface area contributed by atoms with Crippen molar-refractivity contribution in [3.63, 3.8) is 0 Å². The van der Waals surface area contributed by atoms with E-state index >= 15 is 0 Å². The number of aromatic nitrogens is 2. The van der Waals surface area contributed by atoms with Gasteiger partial charge < -0.3 is 15.2 Å². The van der Waals surface area contributed by atoms with Gasteiger partial charge in [0, 0.05) is 23.9 Å². The lowest BCUT2D eigenvalue weighted by Gasteiger charge is -2.19. The Hall–Kier alpha value is -3.48. The van der Waals surface area contributed by atoms with Crippen molar-refractivity contribution < 1.29 is 14.1 Å². The zero-order valence-corrected chi connectivity index (χ0v) is 18.1. The van der Waals surface area contributed by atoms with E-state index in [0.29, 0.717) is 30.2 Å². The second kappa shape index (κ2) is 10.0. The fraction of sp³-hybridized carbons (Fsp3) is 0.333. The molecule has 2 amide bonds. The smallest absolute Gasteiger partial charge is 0.251 e. The van der Waals surface area contributed by atoms with E-state index in [2.05, 4.69) is 20.8 Å². The number of benzene rings is 2. The Morgan fingerprint density at radius 3 is 2.26 bits per heavy atom. The molecule has 1 aromatic heterocycles. The summed E-state index contributed by atoms with van der Waals surface area (Å²) in [5.41, 5.74) is 1.21. The molecule has 0 bridgehead atoms. The van der Waals surface area contributed by atoms with Crippen LogP contribution in [-0.4, -0.2) is 22.0 Å². The number of carbonyl (C=O) groups is 2. The van der Waals surface area contributed by atoms with E-state index in [1.54, 1.807) is 12.1 Å². The van der Waals surface area contributed by atoms with Crippen LogP contribution in [0.15, 0.2) is 65.2 Å². The number of hydrogen-bond donors (Lipinski definition) is 2. The van der Waals surface area contributed by atoms with Crippen molar-refractivity contribution in [2.45, 2.75) is 51.5 Å². The number of nitrogens with zero attached hydrogens (tertiary/aromatic N) is 2. The fourth-order valence-electron chi connectivity index (χ4n) is 2.98. The number of nitrogens with one attached hydrogen (secondary N) is 2. The third-order valence-corrected chi connectivity index (χ3v) is 4.68. The summed E-state index contributed by atoms with van der Waals surface area (Å²) < 4.78 is 5.27. The Morgan fingerprint density at radius 1 is 1.00 bits per heavy atom. The second-order valence-electron chi connectivity index (χ2n) is 8.38. The molecule has 162 valence electrons. The average molecular weight is 421 g/mol. The molecule has 0 radical (unpaired) electrons. The summed E-state index contributed by atoms with van der Waals surface area (Å²) in [5, 5.41) is 9.71. The molecule has 31 heavy (non-hydrogen) atoms. The van der Waals surface area contributed by atoms with Gasteiger partial charge >= 0.3 is 0 Å². The van der Waals surface area contributed by atoms with Crippen LogP contribution in [0.5, 0.6) is 0 Å². The maximum atomic E-state index is 12.9. The Kier molecular flexibility index (Phi) is 7.18. The molecule has 0 aliphatic carbocycles. The van der Waals surface area contributed by atoms with E-state index in [9.17, 15) is 9.59 Å². The lowest BCUT2D eigenvalue weighted by Crippen LogP contribution is -2.36. The van der Waals surface area contributed by atoms with Gasteiger partial charge in [-0.2, -0.15) is 4.98 Å². The highest BCUT2D eigenvalue weighted by molar-refractivity contribution is 5.97. The second-order valence-corrected chi connectivity index (χ2v) is 8.38. The highest BCUT2D eigenvalue weighted by Crippen LogP contribution is 2.19. The van der Waals surface area contributed by atoms with Crippen molar-refractivity contribution in [3.05, 3.63) is 77.9 Å². The summed E-state index contributed by atoms with van der Waals surface area (Å²) in [4.78, 5) is 29.9. The molecule has 1 atom stereocenters. The van der Waals surface area contributed by atoms with Gasteiger partial charge in [0.1, 0.15) is 6.04 Å². The lowest BCUT2D eigenvalue weighted by molar-refractivity contribution is -0.126. The first-order chi connectivity index (χ1) is 14.8. The summed E-state index contributed by atoms with van der Waals surface area (Å²) in [6.07, 6.45) is 1.29. The van der Waals surface area contributed by atoms with Crippen LogP contribution in [0.4, 0.5) is 5.69 Å². The largest absolute Gasteiger partial charge is 0.341 e. The molecule has 1 unspecified atom stereocenters. The molecule has 0 saturated carbocycles. The van der Waals surface area contributed by atoms with Gasteiger partial charge in [0.2, 0.25) is 11.8 Å². The summed E-state index contributed by atoms with van der Waals surface area (Å²) in [5.74, 6) is 0.651. The molecule has 7 heteroatoms. The van der Waals surface area contributed by atoms with Crippen LogP contribution in [0.3, 0.4) is 0 Å². The highest BCUT2D eigenvalue weighted by atomic mass is 16.5. The first-order valence-electron chi connectivity index (χ1n) is 10.4. The standard InChI is InChI=1S/C24H28N4O3/c1-24(2,3)23-27-20(31-28-23)16-10-15-19(29)26-21(17-11-6-4-7-12-17)22(30)25-18-13-8-5-9-14-18/h4-9,11-14,21H,10,15-16H2,1-3H3,(H,25,30)(H,26,29). The molecule has 2 N–H and O–H groups in total. The van der Waals surface area contributed by atoms with Crippen LogP contribution >= 0.6 is 0 Å². The number of anilines is 1. The Labute approximate surface area is 182 Å². The van der Waals surface area contributed by atoms with Crippen LogP contribution in [0.1, 0.15) is 56.9 Å². The molecule has 0 aliphatic heterocycles. The molecule has 0 fully saturated rings. The molecule has 1 heterocycles. The highest BCUT2D eigenvalue weighted by Gasteiger charge is 2.23. The summed E-state index contributed by atoms with van der Waals surface area (Å²) >= 11 is 0. The predicted octanol–water partition coefficient (Wildman–Crippen LogP) is 4.19. The van der Waals surface area contributed by atoms with E-state index < -0.39 is 6.04 Å². The maximum Gasteiger partial charge on any atom is 0.251 e. The van der Waals surface area contributed by atoms with Crippen molar-refractivity contribution in [2.75, 3.05) is 5.32 Å². The Morgan fingerprint density at radius 2 is 1.65 bits per heavy atom. The first-order valence-corrected chi connectivity index (χ1v) is 10.4. The van der Waals surface area contributed by atoms with Gasteiger partial charge in [0.15, 0.2) is 5.82 Å². The molecule has 0 aliphatic rings. The van der Waals surface area contributed by atoms with Crippen molar-refractivity contribution in [3.8, 4) is 0 Å². The Bertz CT molecular complexity index is 994. The molecule has 3 rings (SSSR count). The molecular weight excluding hydrogens is 392 g/mol. The number of carbonyl (C=O) groups excluding carboxylic acids is 2. The van der Waals surface area contributed by atoms with Crippen LogP contribution in [0.25, 0.3) is 0 Å². The monoisotopic (exact) mass is 420 g/mol. The van der Waals surface area contributed by atoms with Gasteiger partial charge in [-0.15, -0.1) is 0 Å². The van der Waals surface area contributed by atoms with E-state index in [4.69, 9.17) is 4.52 Å². The third kappa shape index (κ3) is 6.50. The molecule has 2 aromatic carbocycles.